The molecule has 0 aliphatic rings. The second-order valence-corrected chi connectivity index (χ2v) is 4.43. The fraction of sp³-hybridized carbons (Fsp3) is 0.400. The van der Waals surface area contributed by atoms with Crippen LogP contribution in [0.25, 0.3) is 0 Å². The predicted molar refractivity (Wildman–Crippen MR) is 63.6 cm³/mol. The number of hydrogen-bond acceptors (Lipinski definition) is 4. The molecule has 0 aromatic heterocycles. The van der Waals surface area contributed by atoms with Crippen LogP contribution in [0.4, 0.5) is 0 Å². The van der Waals surface area contributed by atoms with Crippen molar-refractivity contribution in [2.75, 3.05) is 20.3 Å². The molecular formula is C10H18O6S. The lowest BCUT2D eigenvalue weighted by molar-refractivity contribution is 0.135. The largest absolute Gasteiger partial charge is 0.412 e. The van der Waals surface area contributed by atoms with Crippen LogP contribution in [0.15, 0.2) is 29.2 Å². The molecule has 0 saturated carbocycles. The van der Waals surface area contributed by atoms with Gasteiger partial charge < -0.3 is 15.3 Å². The van der Waals surface area contributed by atoms with Gasteiger partial charge in [-0.1, -0.05) is 17.7 Å². The van der Waals surface area contributed by atoms with Crippen LogP contribution in [-0.2, 0) is 14.9 Å². The number of aliphatic hydroxyl groups is 1. The van der Waals surface area contributed by atoms with Crippen LogP contribution in [0.5, 0.6) is 0 Å². The van der Waals surface area contributed by atoms with E-state index in [9.17, 15) is 8.42 Å². The van der Waals surface area contributed by atoms with E-state index in [-0.39, 0.29) is 17.0 Å². The summed E-state index contributed by atoms with van der Waals surface area (Å²) in [6.07, 6.45) is 0. The van der Waals surface area contributed by atoms with Crippen LogP contribution in [-0.4, -0.2) is 43.9 Å². The highest BCUT2D eigenvalue weighted by molar-refractivity contribution is 7.85. The smallest absolute Gasteiger partial charge is 0.294 e. The summed E-state index contributed by atoms with van der Waals surface area (Å²) in [7, 11) is -2.47. The highest BCUT2D eigenvalue weighted by Gasteiger charge is 2.06. The SMILES string of the molecule is COCCO.Cc1ccc(S(=O)(=O)O)cc1.O. The van der Waals surface area contributed by atoms with Gasteiger partial charge in [0.1, 0.15) is 0 Å². The Morgan fingerprint density at radius 3 is 1.94 bits per heavy atom. The van der Waals surface area contributed by atoms with E-state index in [1.54, 1.807) is 19.2 Å². The van der Waals surface area contributed by atoms with Gasteiger partial charge in [0.25, 0.3) is 10.1 Å². The summed E-state index contributed by atoms with van der Waals surface area (Å²) in [6, 6.07) is 5.99. The Labute approximate surface area is 101 Å². The lowest BCUT2D eigenvalue weighted by Crippen LogP contribution is -1.96. The van der Waals surface area contributed by atoms with Crippen LogP contribution >= 0.6 is 0 Å². The third kappa shape index (κ3) is 8.78. The zero-order valence-corrected chi connectivity index (χ0v) is 10.6. The van der Waals surface area contributed by atoms with Crippen molar-refractivity contribution in [2.24, 2.45) is 0 Å². The average Bonchev–Trinajstić information content (AvgIpc) is 2.19. The minimum Gasteiger partial charge on any atom is -0.412 e. The Kier molecular flexibility index (Phi) is 9.82. The fourth-order valence-corrected chi connectivity index (χ4v) is 1.28. The number of methoxy groups -OCH3 is 1. The first-order valence-corrected chi connectivity index (χ1v) is 5.99. The van der Waals surface area contributed by atoms with E-state index in [1.807, 2.05) is 6.92 Å². The van der Waals surface area contributed by atoms with Gasteiger partial charge in [-0.25, -0.2) is 0 Å². The lowest BCUT2D eigenvalue weighted by Gasteiger charge is -1.95. The van der Waals surface area contributed by atoms with Gasteiger partial charge in [0.2, 0.25) is 0 Å². The van der Waals surface area contributed by atoms with Crippen molar-refractivity contribution in [1.29, 1.82) is 0 Å². The molecule has 100 valence electrons. The van der Waals surface area contributed by atoms with E-state index >= 15 is 0 Å². The Morgan fingerprint density at radius 1 is 1.24 bits per heavy atom. The first kappa shape index (κ1) is 18.4. The van der Waals surface area contributed by atoms with Crippen LogP contribution in [0.2, 0.25) is 0 Å². The van der Waals surface area contributed by atoms with E-state index in [2.05, 4.69) is 4.74 Å². The zero-order valence-electron chi connectivity index (χ0n) is 9.75. The Morgan fingerprint density at radius 2 is 1.71 bits per heavy atom. The van der Waals surface area contributed by atoms with Gasteiger partial charge in [-0.05, 0) is 19.1 Å². The number of ether oxygens (including phenoxy) is 1. The Balaban J connectivity index is 0. The molecule has 0 spiro atoms. The summed E-state index contributed by atoms with van der Waals surface area (Å²) in [4.78, 5) is -0.0666. The first-order chi connectivity index (χ1) is 7.41. The Hall–Kier alpha value is -0.990. The van der Waals surface area contributed by atoms with Gasteiger partial charge in [0, 0.05) is 7.11 Å². The third-order valence-corrected chi connectivity index (χ3v) is 2.48. The molecule has 0 unspecified atom stereocenters. The molecule has 0 bridgehead atoms. The Bertz CT molecular complexity index is 382. The quantitative estimate of drug-likeness (QED) is 0.749. The second-order valence-electron chi connectivity index (χ2n) is 3.00. The van der Waals surface area contributed by atoms with Crippen molar-refractivity contribution in [2.45, 2.75) is 11.8 Å². The van der Waals surface area contributed by atoms with E-state index in [0.29, 0.717) is 6.61 Å². The minimum atomic E-state index is -4.02. The topological polar surface area (TPSA) is 115 Å². The van der Waals surface area contributed by atoms with Crippen molar-refractivity contribution in [1.82, 2.24) is 0 Å². The van der Waals surface area contributed by atoms with Crippen molar-refractivity contribution in [3.05, 3.63) is 29.8 Å². The van der Waals surface area contributed by atoms with Crippen molar-refractivity contribution in [3.8, 4) is 0 Å². The molecule has 1 aromatic carbocycles. The number of hydrogen-bond donors (Lipinski definition) is 2. The van der Waals surface area contributed by atoms with Gasteiger partial charge >= 0.3 is 0 Å². The molecule has 1 aromatic rings. The lowest BCUT2D eigenvalue weighted by atomic mass is 10.2. The molecule has 0 heterocycles. The highest BCUT2D eigenvalue weighted by atomic mass is 32.2. The molecule has 7 heteroatoms. The molecule has 0 atom stereocenters. The molecule has 0 fully saturated rings. The summed E-state index contributed by atoms with van der Waals surface area (Å²) in [5.74, 6) is 0. The molecule has 6 nitrogen and oxygen atoms in total. The number of aliphatic hydroxyl groups excluding tert-OH is 1. The summed E-state index contributed by atoms with van der Waals surface area (Å²) in [5, 5.41) is 7.94. The van der Waals surface area contributed by atoms with Gasteiger partial charge in [-0.3, -0.25) is 4.55 Å². The van der Waals surface area contributed by atoms with E-state index in [1.165, 1.54) is 12.1 Å². The molecule has 0 radical (unpaired) electrons. The van der Waals surface area contributed by atoms with E-state index in [4.69, 9.17) is 9.66 Å². The van der Waals surface area contributed by atoms with E-state index < -0.39 is 10.1 Å². The monoisotopic (exact) mass is 266 g/mol. The zero-order chi connectivity index (χ0) is 12.6. The van der Waals surface area contributed by atoms with Crippen LogP contribution in [0.3, 0.4) is 0 Å². The van der Waals surface area contributed by atoms with Crippen LogP contribution in [0.1, 0.15) is 5.56 Å². The molecule has 0 saturated heterocycles. The molecule has 1 rings (SSSR count). The maximum absolute atomic E-state index is 10.5. The highest BCUT2D eigenvalue weighted by Crippen LogP contribution is 2.08. The van der Waals surface area contributed by atoms with Crippen LogP contribution in [0, 0.1) is 6.92 Å². The van der Waals surface area contributed by atoms with Crippen LogP contribution < -0.4 is 0 Å². The second kappa shape index (κ2) is 9.08. The molecule has 17 heavy (non-hydrogen) atoms. The average molecular weight is 266 g/mol. The molecule has 0 amide bonds. The van der Waals surface area contributed by atoms with Gasteiger partial charge in [-0.15, -0.1) is 0 Å². The van der Waals surface area contributed by atoms with E-state index in [0.717, 1.165) is 5.56 Å². The minimum absolute atomic E-state index is 0. The maximum Gasteiger partial charge on any atom is 0.294 e. The third-order valence-electron chi connectivity index (χ3n) is 1.61. The van der Waals surface area contributed by atoms with Crippen molar-refractivity contribution >= 4 is 10.1 Å². The fourth-order valence-electron chi connectivity index (χ4n) is 0.802. The normalized spacial score (nSPS) is 9.88. The molecule has 0 aliphatic carbocycles. The predicted octanol–water partition coefficient (Wildman–Crippen LogP) is 0.0421. The number of benzene rings is 1. The molecular weight excluding hydrogens is 248 g/mol. The molecule has 4 N–H and O–H groups in total. The number of rotatable bonds is 3. The molecule has 0 aliphatic heterocycles. The summed E-state index contributed by atoms with van der Waals surface area (Å²) < 4.78 is 34.0. The number of aryl methyl sites for hydroxylation is 1. The maximum atomic E-state index is 10.5. The summed E-state index contributed by atoms with van der Waals surface area (Å²) in [6.45, 7) is 2.41. The van der Waals surface area contributed by atoms with Crippen molar-refractivity contribution < 1.29 is 28.3 Å². The summed E-state index contributed by atoms with van der Waals surface area (Å²) in [5.41, 5.74) is 0.956. The van der Waals surface area contributed by atoms with Gasteiger partial charge in [-0.2, -0.15) is 8.42 Å². The van der Waals surface area contributed by atoms with Gasteiger partial charge in [0.15, 0.2) is 0 Å². The van der Waals surface area contributed by atoms with Crippen molar-refractivity contribution in [3.63, 3.8) is 0 Å². The van der Waals surface area contributed by atoms with Gasteiger partial charge in [0.05, 0.1) is 18.1 Å². The summed E-state index contributed by atoms with van der Waals surface area (Å²) >= 11 is 0. The standard InChI is InChI=1S/C7H8O3S.C3H8O2.H2O/c1-6-2-4-7(5-3-6)11(8,9)10;1-5-3-2-4;/h2-5H,1H3,(H,8,9,10);4H,2-3H2,1H3;1H2. The first-order valence-electron chi connectivity index (χ1n) is 4.55.